The van der Waals surface area contributed by atoms with E-state index in [2.05, 4.69) is 5.32 Å². The summed E-state index contributed by atoms with van der Waals surface area (Å²) in [6.45, 7) is -0.258. The van der Waals surface area contributed by atoms with Gasteiger partial charge in [-0.15, -0.1) is 0 Å². The van der Waals surface area contributed by atoms with E-state index in [1.165, 1.54) is 0 Å². The van der Waals surface area contributed by atoms with E-state index in [4.69, 9.17) is 4.74 Å². The molecule has 2 aromatic rings. The zero-order valence-corrected chi connectivity index (χ0v) is 10.3. The van der Waals surface area contributed by atoms with Crippen LogP contribution in [-0.2, 0) is 4.74 Å². The van der Waals surface area contributed by atoms with E-state index in [1.54, 1.807) is 24.3 Å². The van der Waals surface area contributed by atoms with Crippen LogP contribution in [-0.4, -0.2) is 17.8 Å². The molecule has 0 aliphatic heterocycles. The first-order valence-corrected chi connectivity index (χ1v) is 5.98. The predicted octanol–water partition coefficient (Wildman–Crippen LogP) is 2.97. The van der Waals surface area contributed by atoms with E-state index in [9.17, 15) is 9.90 Å². The average molecular weight is 257 g/mol. The quantitative estimate of drug-likeness (QED) is 0.885. The van der Waals surface area contributed by atoms with Gasteiger partial charge < -0.3 is 9.84 Å². The maximum absolute atomic E-state index is 11.7. The predicted molar refractivity (Wildman–Crippen MR) is 72.8 cm³/mol. The van der Waals surface area contributed by atoms with Crippen molar-refractivity contribution < 1.29 is 14.6 Å². The molecule has 4 heteroatoms. The Balaban J connectivity index is 1.97. The van der Waals surface area contributed by atoms with Gasteiger partial charge in [0.2, 0.25) is 0 Å². The molecule has 0 heterocycles. The maximum Gasteiger partial charge on any atom is 0.412 e. The Morgan fingerprint density at radius 2 is 1.63 bits per heavy atom. The largest absolute Gasteiger partial charge is 0.439 e. The number of aliphatic hydroxyl groups is 1. The summed E-state index contributed by atoms with van der Waals surface area (Å²) < 4.78 is 5.19. The van der Waals surface area contributed by atoms with Crippen molar-refractivity contribution in [3.8, 4) is 0 Å². The van der Waals surface area contributed by atoms with Crippen LogP contribution in [0.25, 0.3) is 0 Å². The number of benzene rings is 2. The molecule has 98 valence electrons. The van der Waals surface area contributed by atoms with Gasteiger partial charge in [-0.1, -0.05) is 48.5 Å². The van der Waals surface area contributed by atoms with Gasteiger partial charge in [0.15, 0.2) is 6.10 Å². The molecule has 2 aromatic carbocycles. The fraction of sp³-hybridized carbons (Fsp3) is 0.133. The van der Waals surface area contributed by atoms with Crippen molar-refractivity contribution in [2.45, 2.75) is 6.10 Å². The highest BCUT2D eigenvalue weighted by atomic mass is 16.6. The van der Waals surface area contributed by atoms with Crippen molar-refractivity contribution in [1.29, 1.82) is 0 Å². The lowest BCUT2D eigenvalue weighted by Gasteiger charge is -2.16. The van der Waals surface area contributed by atoms with Crippen LogP contribution < -0.4 is 5.32 Å². The Bertz CT molecular complexity index is 513. The molecule has 4 nitrogen and oxygen atoms in total. The zero-order valence-electron chi connectivity index (χ0n) is 10.3. The molecule has 2 N–H and O–H groups in total. The summed E-state index contributed by atoms with van der Waals surface area (Å²) in [4.78, 5) is 11.7. The lowest BCUT2D eigenvalue weighted by molar-refractivity contribution is 0.0663. The zero-order chi connectivity index (χ0) is 13.5. The van der Waals surface area contributed by atoms with Gasteiger partial charge in [0.1, 0.15) is 0 Å². The van der Waals surface area contributed by atoms with Gasteiger partial charge in [-0.05, 0) is 17.7 Å². The summed E-state index contributed by atoms with van der Waals surface area (Å²) in [7, 11) is 0. The summed E-state index contributed by atoms with van der Waals surface area (Å²) in [5.41, 5.74) is 1.41. The number of aliphatic hydroxyl groups excluding tert-OH is 1. The molecular formula is C15H15NO3. The summed E-state index contributed by atoms with van der Waals surface area (Å²) in [5, 5.41) is 11.9. The fourth-order valence-electron chi connectivity index (χ4n) is 1.68. The van der Waals surface area contributed by atoms with Gasteiger partial charge in [0.25, 0.3) is 0 Å². The molecule has 2 rings (SSSR count). The molecule has 0 saturated heterocycles. The molecule has 0 aromatic heterocycles. The standard InChI is InChI=1S/C15H15NO3/c17-11-14(12-7-3-1-4-8-12)19-15(18)16-13-9-5-2-6-10-13/h1-10,14,17H,11H2,(H,16,18)/t14-/m0/s1. The Hall–Kier alpha value is -2.33. The molecule has 1 amide bonds. The van der Waals surface area contributed by atoms with Crippen molar-refractivity contribution >= 4 is 11.8 Å². The number of amides is 1. The van der Waals surface area contributed by atoms with Gasteiger partial charge in [0, 0.05) is 5.69 Å². The Morgan fingerprint density at radius 3 is 2.21 bits per heavy atom. The van der Waals surface area contributed by atoms with Gasteiger partial charge in [-0.2, -0.15) is 0 Å². The van der Waals surface area contributed by atoms with Crippen molar-refractivity contribution in [1.82, 2.24) is 0 Å². The highest BCUT2D eigenvalue weighted by Gasteiger charge is 2.15. The van der Waals surface area contributed by atoms with Gasteiger partial charge >= 0.3 is 6.09 Å². The number of carbonyl (C=O) groups is 1. The first kappa shape index (κ1) is 13.1. The highest BCUT2D eigenvalue weighted by molar-refractivity contribution is 5.84. The summed E-state index contributed by atoms with van der Waals surface area (Å²) >= 11 is 0. The number of hydrogen-bond donors (Lipinski definition) is 2. The summed E-state index contributed by atoms with van der Waals surface area (Å²) in [5.74, 6) is 0. The Morgan fingerprint density at radius 1 is 1.05 bits per heavy atom. The smallest absolute Gasteiger partial charge is 0.412 e. The average Bonchev–Trinajstić information content (AvgIpc) is 2.47. The number of rotatable bonds is 4. The van der Waals surface area contributed by atoms with Crippen LogP contribution in [0.1, 0.15) is 11.7 Å². The summed E-state index contributed by atoms with van der Waals surface area (Å²) in [6, 6.07) is 18.1. The normalized spacial score (nSPS) is 11.6. The second-order valence-electron chi connectivity index (χ2n) is 3.98. The third-order valence-corrected chi connectivity index (χ3v) is 2.61. The minimum absolute atomic E-state index is 0.258. The van der Waals surface area contributed by atoms with E-state index in [0.29, 0.717) is 5.69 Å². The van der Waals surface area contributed by atoms with E-state index in [0.717, 1.165) is 5.56 Å². The molecule has 0 aliphatic rings. The fourth-order valence-corrected chi connectivity index (χ4v) is 1.68. The Kier molecular flexibility index (Phi) is 4.53. The molecule has 0 fully saturated rings. The van der Waals surface area contributed by atoms with Crippen LogP contribution in [0, 0.1) is 0 Å². The van der Waals surface area contributed by atoms with Crippen molar-refractivity contribution in [2.24, 2.45) is 0 Å². The number of ether oxygens (including phenoxy) is 1. The number of nitrogens with one attached hydrogen (secondary N) is 1. The number of hydrogen-bond acceptors (Lipinski definition) is 3. The number of para-hydroxylation sites is 1. The maximum atomic E-state index is 11.7. The minimum Gasteiger partial charge on any atom is -0.439 e. The van der Waals surface area contributed by atoms with Crippen molar-refractivity contribution in [2.75, 3.05) is 11.9 Å². The van der Waals surface area contributed by atoms with Crippen LogP contribution in [0.2, 0.25) is 0 Å². The van der Waals surface area contributed by atoms with Gasteiger partial charge in [-0.25, -0.2) is 4.79 Å². The molecule has 0 saturated carbocycles. The third-order valence-electron chi connectivity index (χ3n) is 2.61. The topological polar surface area (TPSA) is 58.6 Å². The van der Waals surface area contributed by atoms with Crippen molar-refractivity contribution in [3.63, 3.8) is 0 Å². The van der Waals surface area contributed by atoms with E-state index in [-0.39, 0.29) is 6.61 Å². The Labute approximate surface area is 111 Å². The lowest BCUT2D eigenvalue weighted by Crippen LogP contribution is -2.19. The molecule has 0 spiro atoms. The number of anilines is 1. The number of carbonyl (C=O) groups excluding carboxylic acids is 1. The highest BCUT2D eigenvalue weighted by Crippen LogP contribution is 2.17. The molecule has 1 atom stereocenters. The third kappa shape index (κ3) is 3.82. The van der Waals surface area contributed by atoms with E-state index >= 15 is 0 Å². The molecule has 0 bridgehead atoms. The van der Waals surface area contributed by atoms with Crippen LogP contribution in [0.15, 0.2) is 60.7 Å². The summed E-state index contributed by atoms with van der Waals surface area (Å²) in [6.07, 6.45) is -1.25. The first-order chi connectivity index (χ1) is 9.29. The molecule has 0 unspecified atom stereocenters. The van der Waals surface area contributed by atoms with Crippen LogP contribution in [0.4, 0.5) is 10.5 Å². The van der Waals surface area contributed by atoms with Crippen LogP contribution in [0.5, 0.6) is 0 Å². The van der Waals surface area contributed by atoms with Crippen LogP contribution >= 0.6 is 0 Å². The van der Waals surface area contributed by atoms with Gasteiger partial charge in [0.05, 0.1) is 6.61 Å². The monoisotopic (exact) mass is 257 g/mol. The molecular weight excluding hydrogens is 242 g/mol. The molecule has 0 aliphatic carbocycles. The lowest BCUT2D eigenvalue weighted by atomic mass is 10.1. The minimum atomic E-state index is -0.662. The second-order valence-corrected chi connectivity index (χ2v) is 3.98. The van der Waals surface area contributed by atoms with E-state index in [1.807, 2.05) is 36.4 Å². The van der Waals surface area contributed by atoms with Crippen LogP contribution in [0.3, 0.4) is 0 Å². The molecule has 19 heavy (non-hydrogen) atoms. The first-order valence-electron chi connectivity index (χ1n) is 5.98. The van der Waals surface area contributed by atoms with Crippen molar-refractivity contribution in [3.05, 3.63) is 66.2 Å². The second kappa shape index (κ2) is 6.56. The SMILES string of the molecule is O=C(Nc1ccccc1)O[C@@H](CO)c1ccccc1. The molecule has 0 radical (unpaired) electrons. The van der Waals surface area contributed by atoms with E-state index < -0.39 is 12.2 Å². The van der Waals surface area contributed by atoms with Gasteiger partial charge in [-0.3, -0.25) is 5.32 Å².